The van der Waals surface area contributed by atoms with Crippen molar-refractivity contribution in [1.82, 2.24) is 15.2 Å². The number of amides is 2. The van der Waals surface area contributed by atoms with Gasteiger partial charge in [0.2, 0.25) is 11.8 Å². The molecule has 1 aromatic heterocycles. The summed E-state index contributed by atoms with van der Waals surface area (Å²) in [5, 5.41) is 6.72. The molecular formula is C40H51N5O6. The van der Waals surface area contributed by atoms with E-state index in [1.807, 2.05) is 48.5 Å². The first kappa shape index (κ1) is 37.7. The van der Waals surface area contributed by atoms with Crippen LogP contribution in [0.15, 0.2) is 72.1 Å². The molecular weight excluding hydrogens is 646 g/mol. The molecule has 6 atom stereocenters. The van der Waals surface area contributed by atoms with Gasteiger partial charge in [-0.25, -0.2) is 4.98 Å². The van der Waals surface area contributed by atoms with E-state index in [9.17, 15) is 24.1 Å². The van der Waals surface area contributed by atoms with Gasteiger partial charge >= 0.3 is 0 Å². The van der Waals surface area contributed by atoms with Gasteiger partial charge in [0.05, 0.1) is 23.5 Å². The number of nitrogens with one attached hydrogen (secondary N) is 1. The minimum absolute atomic E-state index is 0.162. The third-order valence-corrected chi connectivity index (χ3v) is 10.4. The van der Waals surface area contributed by atoms with E-state index >= 15 is 0 Å². The summed E-state index contributed by atoms with van der Waals surface area (Å²) in [4.78, 5) is 77.5. The van der Waals surface area contributed by atoms with Crippen LogP contribution in [-0.2, 0) is 25.6 Å². The molecule has 11 heteroatoms. The van der Waals surface area contributed by atoms with Gasteiger partial charge < -0.3 is 15.9 Å². The van der Waals surface area contributed by atoms with Gasteiger partial charge in [0.25, 0.3) is 0 Å². The molecule has 1 saturated carbocycles. The smallest absolute Gasteiger partial charge is 0.224 e. The number of fused-ring (bicyclic) bond motifs is 2. The Hall–Kier alpha value is -4.51. The van der Waals surface area contributed by atoms with Crippen molar-refractivity contribution in [2.75, 3.05) is 13.1 Å². The predicted octanol–water partition coefficient (Wildman–Crippen LogP) is 5.98. The zero-order valence-electron chi connectivity index (χ0n) is 30.0. The van der Waals surface area contributed by atoms with Crippen LogP contribution in [0.25, 0.3) is 10.9 Å². The highest BCUT2D eigenvalue weighted by molar-refractivity contribution is 5.99. The number of Topliss-reactive ketones (excluding diaryl/α,β-unsaturated/α-hetero) is 2. The first-order valence-electron chi connectivity index (χ1n) is 18.2. The zero-order chi connectivity index (χ0) is 36.5. The van der Waals surface area contributed by atoms with Gasteiger partial charge in [-0.2, -0.15) is 0 Å². The molecule has 1 aliphatic carbocycles. The largest absolute Gasteiger partial charge is 0.370 e. The van der Waals surface area contributed by atoms with Crippen LogP contribution in [0.4, 0.5) is 0 Å². The maximum Gasteiger partial charge on any atom is 0.224 e. The number of aromatic nitrogens is 1. The van der Waals surface area contributed by atoms with Gasteiger partial charge in [0, 0.05) is 37.7 Å². The quantitative estimate of drug-likeness (QED) is 0.105. The van der Waals surface area contributed by atoms with Crippen molar-refractivity contribution in [1.29, 1.82) is 0 Å². The molecule has 0 radical (unpaired) electrons. The normalized spacial score (nSPS) is 21.1. The monoisotopic (exact) mass is 697 g/mol. The molecule has 2 aliphatic rings. The molecule has 2 fully saturated rings. The molecule has 3 aromatic rings. The van der Waals surface area contributed by atoms with E-state index in [0.29, 0.717) is 30.3 Å². The van der Waals surface area contributed by atoms with Crippen molar-refractivity contribution < 1.29 is 24.0 Å². The minimum atomic E-state index is -1.09. The van der Waals surface area contributed by atoms with E-state index in [4.69, 9.17) is 10.6 Å². The van der Waals surface area contributed by atoms with E-state index in [1.165, 1.54) is 6.42 Å². The van der Waals surface area contributed by atoms with Crippen molar-refractivity contribution in [2.24, 2.45) is 34.2 Å². The van der Waals surface area contributed by atoms with Gasteiger partial charge in [0.1, 0.15) is 11.5 Å². The number of hydrogen-bond acceptors (Lipinski definition) is 9. The van der Waals surface area contributed by atoms with Crippen LogP contribution in [0.2, 0.25) is 0 Å². The second-order valence-corrected chi connectivity index (χ2v) is 15.6. The number of piperidine rings is 1. The number of carbonyl (C=O) groups excluding carboxylic acids is 4. The van der Waals surface area contributed by atoms with Crippen LogP contribution in [0, 0.1) is 28.1 Å². The SMILES string of the molecule is CC(C)(C)CC(=O)C1C[C@@H]2CCCC[C@@H]2CN1CC(ON=O)[C@H](Cc1ccccc1)NC(=O)C(CC(N)=O)CC(=O)c1ccc2ccccc2n1. The van der Waals surface area contributed by atoms with Gasteiger partial charge in [-0.1, -0.05) is 94.6 Å². The number of para-hydroxylation sites is 1. The summed E-state index contributed by atoms with van der Waals surface area (Å²) in [5.41, 5.74) is 7.08. The number of rotatable bonds is 16. The number of primary amides is 1. The first-order chi connectivity index (χ1) is 24.4. The van der Waals surface area contributed by atoms with Gasteiger partial charge in [0.15, 0.2) is 17.2 Å². The number of benzene rings is 2. The van der Waals surface area contributed by atoms with Crippen molar-refractivity contribution in [3.8, 4) is 0 Å². The Morgan fingerprint density at radius 2 is 1.67 bits per heavy atom. The number of nitrogens with zero attached hydrogens (tertiary/aromatic N) is 3. The summed E-state index contributed by atoms with van der Waals surface area (Å²) >= 11 is 0. The van der Waals surface area contributed by atoms with E-state index in [2.05, 4.69) is 41.3 Å². The number of pyridine rings is 1. The van der Waals surface area contributed by atoms with Crippen LogP contribution < -0.4 is 11.1 Å². The summed E-state index contributed by atoms with van der Waals surface area (Å²) < 4.78 is 0. The highest BCUT2D eigenvalue weighted by Crippen LogP contribution is 2.40. The van der Waals surface area contributed by atoms with Crippen molar-refractivity contribution in [3.63, 3.8) is 0 Å². The molecule has 0 spiro atoms. The molecule has 1 aliphatic heterocycles. The molecule has 51 heavy (non-hydrogen) atoms. The van der Waals surface area contributed by atoms with Crippen LogP contribution in [0.3, 0.4) is 0 Å². The number of hydrogen-bond donors (Lipinski definition) is 2. The summed E-state index contributed by atoms with van der Waals surface area (Å²) in [5.74, 6) is -1.74. The highest BCUT2D eigenvalue weighted by atomic mass is 16.7. The van der Waals surface area contributed by atoms with Crippen molar-refractivity contribution in [3.05, 3.63) is 82.9 Å². The second-order valence-electron chi connectivity index (χ2n) is 15.6. The van der Waals surface area contributed by atoms with Crippen LogP contribution >= 0.6 is 0 Å². The Morgan fingerprint density at radius 3 is 2.37 bits per heavy atom. The third-order valence-electron chi connectivity index (χ3n) is 10.4. The number of likely N-dealkylation sites (tertiary alicyclic amines) is 1. The van der Waals surface area contributed by atoms with Gasteiger partial charge in [-0.3, -0.25) is 24.1 Å². The summed E-state index contributed by atoms with van der Waals surface area (Å²) in [6, 6.07) is 19.1. The summed E-state index contributed by atoms with van der Waals surface area (Å²) in [6.07, 6.45) is 4.36. The lowest BCUT2D eigenvalue weighted by Gasteiger charge is -2.47. The number of nitrogens with two attached hydrogens (primary N) is 1. The van der Waals surface area contributed by atoms with E-state index in [0.717, 1.165) is 36.6 Å². The van der Waals surface area contributed by atoms with Crippen molar-refractivity contribution >= 4 is 34.3 Å². The zero-order valence-corrected chi connectivity index (χ0v) is 30.0. The molecule has 1 saturated heterocycles. The Balaban J connectivity index is 1.40. The fraction of sp³-hybridized carbons (Fsp3) is 0.525. The Labute approximate surface area is 300 Å². The summed E-state index contributed by atoms with van der Waals surface area (Å²) in [6.45, 7) is 7.04. The molecule has 11 nitrogen and oxygen atoms in total. The molecule has 2 heterocycles. The third kappa shape index (κ3) is 10.5. The lowest BCUT2D eigenvalue weighted by molar-refractivity contribution is -0.133. The van der Waals surface area contributed by atoms with Crippen LogP contribution in [0.5, 0.6) is 0 Å². The fourth-order valence-corrected chi connectivity index (χ4v) is 7.89. The predicted molar refractivity (Wildman–Crippen MR) is 195 cm³/mol. The molecule has 2 amide bonds. The Bertz CT molecular complexity index is 1690. The Morgan fingerprint density at radius 1 is 0.961 bits per heavy atom. The second kappa shape index (κ2) is 17.1. The number of carbonyl (C=O) groups is 4. The van der Waals surface area contributed by atoms with Gasteiger partial charge in [-0.05, 0) is 54.2 Å². The van der Waals surface area contributed by atoms with Crippen LogP contribution in [0.1, 0.15) is 88.2 Å². The lowest BCUT2D eigenvalue weighted by atomic mass is 9.71. The Kier molecular flexibility index (Phi) is 12.7. The number of ketones is 2. The molecule has 2 aromatic carbocycles. The summed E-state index contributed by atoms with van der Waals surface area (Å²) in [7, 11) is 0. The van der Waals surface area contributed by atoms with Gasteiger partial charge in [-0.15, -0.1) is 4.91 Å². The maximum atomic E-state index is 14.1. The maximum absolute atomic E-state index is 14.1. The highest BCUT2D eigenvalue weighted by Gasteiger charge is 2.43. The minimum Gasteiger partial charge on any atom is -0.370 e. The van der Waals surface area contributed by atoms with E-state index in [1.54, 1.807) is 18.2 Å². The molecule has 5 rings (SSSR count). The fourth-order valence-electron chi connectivity index (χ4n) is 7.89. The molecule has 0 bridgehead atoms. The molecule has 3 N–H and O–H groups in total. The van der Waals surface area contributed by atoms with Crippen LogP contribution in [-0.4, -0.2) is 64.5 Å². The standard InChI is InChI=1S/C40H51N5O6/c1-40(2,3)23-36(47)34-20-28-14-7-8-15-29(28)24-45(34)25-37(51-44-50)33(19-26-11-5-4-6-12-26)43-39(49)30(22-38(41)48)21-35(46)32-18-17-27-13-9-10-16-31(27)42-32/h4-6,9-13,16-18,28-30,33-34,37H,7-8,14-15,19-25H2,1-3H3,(H2,41,48)(H,43,49)/t28-,29+,30?,33-,34?,37?/m0/s1. The van der Waals surface area contributed by atoms with E-state index < -0.39 is 35.7 Å². The molecule has 3 unspecified atom stereocenters. The van der Waals surface area contributed by atoms with Crippen molar-refractivity contribution in [2.45, 2.75) is 96.7 Å². The topological polar surface area (TPSA) is 161 Å². The van der Waals surface area contributed by atoms with E-state index in [-0.39, 0.29) is 48.7 Å². The first-order valence-corrected chi connectivity index (χ1v) is 18.2. The average molecular weight is 698 g/mol. The lowest BCUT2D eigenvalue weighted by Crippen LogP contribution is -2.58. The average Bonchev–Trinajstić information content (AvgIpc) is 3.09. The molecule has 272 valence electrons.